The number of hydrogen-bond acceptors (Lipinski definition) is 5. The number of aromatic nitrogens is 4. The molecule has 118 valence electrons. The van der Waals surface area contributed by atoms with Crippen molar-refractivity contribution in [2.75, 3.05) is 6.54 Å². The zero-order valence-electron chi connectivity index (χ0n) is 13.0. The third-order valence-corrected chi connectivity index (χ3v) is 3.91. The molecule has 1 atom stereocenters. The Kier molecular flexibility index (Phi) is 4.22. The summed E-state index contributed by atoms with van der Waals surface area (Å²) in [6.07, 6.45) is 6.95. The molecule has 1 fully saturated rings. The Bertz CT molecular complexity index is 644. The molecule has 7 heteroatoms. The molecule has 2 aromatic rings. The van der Waals surface area contributed by atoms with Crippen LogP contribution in [-0.4, -0.2) is 32.1 Å². The van der Waals surface area contributed by atoms with E-state index in [2.05, 4.69) is 20.4 Å². The third kappa shape index (κ3) is 3.52. The van der Waals surface area contributed by atoms with Gasteiger partial charge in [-0.2, -0.15) is 4.98 Å². The van der Waals surface area contributed by atoms with Crippen molar-refractivity contribution in [2.24, 2.45) is 0 Å². The molecule has 2 heterocycles. The lowest BCUT2D eigenvalue weighted by atomic mass is 10.2. The maximum atomic E-state index is 12.0. The van der Waals surface area contributed by atoms with Crippen LogP contribution in [0.25, 0.3) is 0 Å². The van der Waals surface area contributed by atoms with Crippen LogP contribution in [0.4, 0.5) is 0 Å². The summed E-state index contributed by atoms with van der Waals surface area (Å²) in [6.45, 7) is 4.45. The van der Waals surface area contributed by atoms with Crippen molar-refractivity contribution in [1.29, 1.82) is 0 Å². The average Bonchev–Trinajstić information content (AvgIpc) is 3.07. The molecule has 3 rings (SSSR count). The highest BCUT2D eigenvalue weighted by atomic mass is 16.5. The molecule has 22 heavy (non-hydrogen) atoms. The Morgan fingerprint density at radius 2 is 2.36 bits per heavy atom. The van der Waals surface area contributed by atoms with Crippen molar-refractivity contribution in [1.82, 2.24) is 25.0 Å². The van der Waals surface area contributed by atoms with E-state index < -0.39 is 0 Å². The van der Waals surface area contributed by atoms with E-state index in [1.807, 2.05) is 24.6 Å². The summed E-state index contributed by atoms with van der Waals surface area (Å²) in [5.41, 5.74) is 0. The molecule has 0 bridgehead atoms. The summed E-state index contributed by atoms with van der Waals surface area (Å²) >= 11 is 0. The summed E-state index contributed by atoms with van der Waals surface area (Å²) in [4.78, 5) is 20.5. The second-order valence-electron chi connectivity index (χ2n) is 5.86. The monoisotopic (exact) mass is 303 g/mol. The fourth-order valence-corrected chi connectivity index (χ4v) is 2.48. The Labute approximate surface area is 129 Å². The predicted molar refractivity (Wildman–Crippen MR) is 79.3 cm³/mol. The van der Waals surface area contributed by atoms with E-state index in [0.717, 1.165) is 24.5 Å². The fourth-order valence-electron chi connectivity index (χ4n) is 2.48. The smallest absolute Gasteiger partial charge is 0.228 e. The average molecular weight is 303 g/mol. The minimum atomic E-state index is 0.0162. The van der Waals surface area contributed by atoms with E-state index in [-0.39, 0.29) is 11.9 Å². The summed E-state index contributed by atoms with van der Waals surface area (Å²) in [7, 11) is 0. The zero-order valence-corrected chi connectivity index (χ0v) is 13.0. The number of aryl methyl sites for hydroxylation is 1. The van der Waals surface area contributed by atoms with Gasteiger partial charge in [-0.1, -0.05) is 5.16 Å². The molecule has 0 spiro atoms. The van der Waals surface area contributed by atoms with Gasteiger partial charge in [-0.3, -0.25) is 4.79 Å². The Hall–Kier alpha value is -2.18. The van der Waals surface area contributed by atoms with Crippen molar-refractivity contribution in [3.63, 3.8) is 0 Å². The highest BCUT2D eigenvalue weighted by molar-refractivity contribution is 5.76. The van der Waals surface area contributed by atoms with Gasteiger partial charge in [-0.15, -0.1) is 0 Å². The van der Waals surface area contributed by atoms with Gasteiger partial charge >= 0.3 is 0 Å². The number of imidazole rings is 1. The van der Waals surface area contributed by atoms with Crippen molar-refractivity contribution >= 4 is 5.91 Å². The van der Waals surface area contributed by atoms with E-state index in [1.165, 1.54) is 0 Å². The molecular weight excluding hydrogens is 282 g/mol. The van der Waals surface area contributed by atoms with Crippen LogP contribution < -0.4 is 5.32 Å². The van der Waals surface area contributed by atoms with E-state index in [1.54, 1.807) is 6.20 Å². The van der Waals surface area contributed by atoms with Crippen LogP contribution >= 0.6 is 0 Å². The van der Waals surface area contributed by atoms with E-state index in [4.69, 9.17) is 4.52 Å². The molecule has 1 N–H and O–H groups in total. The molecule has 0 unspecified atom stereocenters. The molecule has 0 aromatic carbocycles. The zero-order chi connectivity index (χ0) is 15.5. The van der Waals surface area contributed by atoms with Gasteiger partial charge in [0.25, 0.3) is 0 Å². The number of rotatable bonds is 7. The maximum Gasteiger partial charge on any atom is 0.228 e. The van der Waals surface area contributed by atoms with Gasteiger partial charge in [0.05, 0.1) is 0 Å². The molecule has 1 amide bonds. The molecule has 2 aromatic heterocycles. The number of nitrogens with one attached hydrogen (secondary N) is 1. The second-order valence-corrected chi connectivity index (χ2v) is 5.86. The van der Waals surface area contributed by atoms with Crippen LogP contribution in [0, 0.1) is 6.92 Å². The van der Waals surface area contributed by atoms with Gasteiger partial charge in [-0.05, 0) is 26.7 Å². The number of amides is 1. The SMILES string of the molecule is Cc1nccn1[C@H](C)CC(=O)NCCc1nc(C2CC2)no1. The topological polar surface area (TPSA) is 85.8 Å². The van der Waals surface area contributed by atoms with Crippen LogP contribution in [0.1, 0.15) is 55.7 Å². The van der Waals surface area contributed by atoms with Crippen molar-refractivity contribution in [3.05, 3.63) is 29.9 Å². The summed E-state index contributed by atoms with van der Waals surface area (Å²) < 4.78 is 7.18. The van der Waals surface area contributed by atoms with Gasteiger partial charge in [-0.25, -0.2) is 4.98 Å². The van der Waals surface area contributed by atoms with Crippen LogP contribution in [0.2, 0.25) is 0 Å². The number of nitrogens with zero attached hydrogens (tertiary/aromatic N) is 4. The predicted octanol–water partition coefficient (Wildman–Crippen LogP) is 1.76. The minimum Gasteiger partial charge on any atom is -0.356 e. The number of carbonyl (C=O) groups excluding carboxylic acids is 1. The highest BCUT2D eigenvalue weighted by Crippen LogP contribution is 2.38. The van der Waals surface area contributed by atoms with Gasteiger partial charge < -0.3 is 14.4 Å². The lowest BCUT2D eigenvalue weighted by molar-refractivity contribution is -0.121. The van der Waals surface area contributed by atoms with Crippen molar-refractivity contribution < 1.29 is 9.32 Å². The molecule has 0 radical (unpaired) electrons. The first-order chi connectivity index (χ1) is 10.6. The summed E-state index contributed by atoms with van der Waals surface area (Å²) in [5, 5.41) is 6.86. The normalized spacial score (nSPS) is 15.7. The Balaban J connectivity index is 1.41. The first-order valence-electron chi connectivity index (χ1n) is 7.72. The fraction of sp³-hybridized carbons (Fsp3) is 0.600. The quantitative estimate of drug-likeness (QED) is 0.842. The van der Waals surface area contributed by atoms with Gasteiger partial charge in [0.2, 0.25) is 11.8 Å². The highest BCUT2D eigenvalue weighted by Gasteiger charge is 2.28. The van der Waals surface area contributed by atoms with Gasteiger partial charge in [0.1, 0.15) is 5.82 Å². The molecule has 0 aliphatic heterocycles. The van der Waals surface area contributed by atoms with Crippen LogP contribution in [0.3, 0.4) is 0 Å². The minimum absolute atomic E-state index is 0.0162. The van der Waals surface area contributed by atoms with E-state index in [0.29, 0.717) is 31.2 Å². The van der Waals surface area contributed by atoms with Crippen LogP contribution in [-0.2, 0) is 11.2 Å². The number of carbonyl (C=O) groups is 1. The van der Waals surface area contributed by atoms with Crippen LogP contribution in [0.15, 0.2) is 16.9 Å². The first-order valence-corrected chi connectivity index (χ1v) is 7.72. The third-order valence-electron chi connectivity index (χ3n) is 3.91. The molecular formula is C15H21N5O2. The van der Waals surface area contributed by atoms with Gasteiger partial charge in [0.15, 0.2) is 5.82 Å². The van der Waals surface area contributed by atoms with Crippen molar-refractivity contribution in [2.45, 2.75) is 51.5 Å². The maximum absolute atomic E-state index is 12.0. The summed E-state index contributed by atoms with van der Waals surface area (Å²) in [6, 6.07) is 0.0902. The Morgan fingerprint density at radius 1 is 1.55 bits per heavy atom. The molecule has 1 saturated carbocycles. The lowest BCUT2D eigenvalue weighted by Gasteiger charge is -2.14. The number of hydrogen-bond donors (Lipinski definition) is 1. The molecule has 1 aliphatic carbocycles. The molecule has 7 nitrogen and oxygen atoms in total. The standard InChI is InChI=1S/C15H21N5O2/c1-10(20-8-7-16-11(20)2)9-13(21)17-6-5-14-18-15(19-22-14)12-3-4-12/h7-8,10,12H,3-6,9H2,1-2H3,(H,17,21)/t10-/m1/s1. The largest absolute Gasteiger partial charge is 0.356 e. The van der Waals surface area contributed by atoms with Gasteiger partial charge in [0, 0.05) is 43.7 Å². The molecule has 0 saturated heterocycles. The van der Waals surface area contributed by atoms with E-state index >= 15 is 0 Å². The molecule has 1 aliphatic rings. The van der Waals surface area contributed by atoms with Crippen molar-refractivity contribution in [3.8, 4) is 0 Å². The van der Waals surface area contributed by atoms with Crippen LogP contribution in [0.5, 0.6) is 0 Å². The first kappa shape index (κ1) is 14.7. The summed E-state index contributed by atoms with van der Waals surface area (Å²) in [5.74, 6) is 2.83. The second kappa shape index (κ2) is 6.29. The lowest BCUT2D eigenvalue weighted by Crippen LogP contribution is -2.28. The Morgan fingerprint density at radius 3 is 3.05 bits per heavy atom. The van der Waals surface area contributed by atoms with E-state index in [9.17, 15) is 4.79 Å².